The minimum absolute atomic E-state index is 0.0420. The Labute approximate surface area is 122 Å². The molecular weight excluding hydrogens is 294 g/mol. The summed E-state index contributed by atoms with van der Waals surface area (Å²) in [4.78, 5) is 19.3. The van der Waals surface area contributed by atoms with Crippen LogP contribution in [-0.4, -0.2) is 20.2 Å². The van der Waals surface area contributed by atoms with Crippen molar-refractivity contribution >= 4 is 39.1 Å². The third-order valence-electron chi connectivity index (χ3n) is 2.72. The molecule has 8 heteroatoms. The second-order valence-corrected chi connectivity index (χ2v) is 6.73. The number of hydrogen-bond donors (Lipinski definition) is 2. The molecule has 2 heterocycles. The highest BCUT2D eigenvalue weighted by atomic mass is 32.2. The lowest BCUT2D eigenvalue weighted by Crippen LogP contribution is -2.12. The summed E-state index contributed by atoms with van der Waals surface area (Å²) in [5.74, 6) is 0.618. The van der Waals surface area contributed by atoms with E-state index < -0.39 is 0 Å². The number of rotatable bonds is 3. The predicted octanol–water partition coefficient (Wildman–Crippen LogP) is 2.21. The van der Waals surface area contributed by atoms with E-state index in [1.54, 1.807) is 6.07 Å². The quantitative estimate of drug-likeness (QED) is 0.720. The van der Waals surface area contributed by atoms with Crippen molar-refractivity contribution in [3.8, 4) is 0 Å². The summed E-state index contributed by atoms with van der Waals surface area (Å²) in [6.07, 6.45) is 0. The summed E-state index contributed by atoms with van der Waals surface area (Å²) in [6.45, 7) is 1.95. The molecule has 1 aromatic carbocycles. The van der Waals surface area contributed by atoms with Crippen LogP contribution < -0.4 is 11.3 Å². The van der Waals surface area contributed by atoms with Crippen molar-refractivity contribution in [3.05, 3.63) is 40.4 Å². The van der Waals surface area contributed by atoms with Crippen LogP contribution in [-0.2, 0) is 0 Å². The van der Waals surface area contributed by atoms with Gasteiger partial charge < -0.3 is 10.7 Å². The van der Waals surface area contributed by atoms with Gasteiger partial charge in [-0.3, -0.25) is 4.79 Å². The van der Waals surface area contributed by atoms with Crippen LogP contribution in [0.1, 0.15) is 18.0 Å². The largest absolute Gasteiger partial charge is 0.374 e. The molecule has 0 saturated carbocycles. The smallest absolute Gasteiger partial charge is 0.258 e. The van der Waals surface area contributed by atoms with Gasteiger partial charge in [-0.2, -0.15) is 0 Å². The van der Waals surface area contributed by atoms with Gasteiger partial charge in [0.05, 0.1) is 16.2 Å². The van der Waals surface area contributed by atoms with Gasteiger partial charge in [-0.15, -0.1) is 10.2 Å². The molecule has 0 fully saturated rings. The van der Waals surface area contributed by atoms with E-state index in [-0.39, 0.29) is 10.8 Å². The molecule has 20 heavy (non-hydrogen) atoms. The summed E-state index contributed by atoms with van der Waals surface area (Å²) in [6, 6.07) is 7.27. The summed E-state index contributed by atoms with van der Waals surface area (Å²) >= 11 is 2.78. The van der Waals surface area contributed by atoms with Crippen molar-refractivity contribution < 1.29 is 0 Å². The summed E-state index contributed by atoms with van der Waals surface area (Å²) < 4.78 is 0.755. The van der Waals surface area contributed by atoms with Crippen molar-refractivity contribution in [2.24, 2.45) is 0 Å². The number of H-pyrrole nitrogens is 1. The number of aromatic nitrogens is 4. The molecule has 0 spiro atoms. The summed E-state index contributed by atoms with van der Waals surface area (Å²) in [7, 11) is 0. The van der Waals surface area contributed by atoms with E-state index in [9.17, 15) is 4.79 Å². The molecule has 0 aliphatic heterocycles. The molecule has 3 N–H and O–H groups in total. The Bertz CT molecular complexity index is 813. The van der Waals surface area contributed by atoms with E-state index in [1.165, 1.54) is 23.1 Å². The van der Waals surface area contributed by atoms with Gasteiger partial charge in [-0.25, -0.2) is 4.98 Å². The van der Waals surface area contributed by atoms with Crippen molar-refractivity contribution in [2.45, 2.75) is 16.5 Å². The monoisotopic (exact) mass is 305 g/mol. The number of para-hydroxylation sites is 1. The van der Waals surface area contributed by atoms with Crippen LogP contribution in [0.5, 0.6) is 0 Å². The molecule has 0 aliphatic carbocycles. The first-order chi connectivity index (χ1) is 9.63. The normalized spacial score (nSPS) is 12.7. The van der Waals surface area contributed by atoms with Crippen LogP contribution in [0, 0.1) is 0 Å². The highest BCUT2D eigenvalue weighted by molar-refractivity contribution is 8.01. The number of nitrogens with two attached hydrogens (primary N) is 1. The van der Waals surface area contributed by atoms with E-state index in [4.69, 9.17) is 5.73 Å². The zero-order valence-electron chi connectivity index (χ0n) is 10.5. The van der Waals surface area contributed by atoms with Gasteiger partial charge in [0.25, 0.3) is 5.56 Å². The van der Waals surface area contributed by atoms with Crippen molar-refractivity contribution in [2.75, 3.05) is 5.73 Å². The van der Waals surface area contributed by atoms with E-state index >= 15 is 0 Å². The van der Waals surface area contributed by atoms with E-state index in [0.29, 0.717) is 21.9 Å². The number of hydrogen-bond acceptors (Lipinski definition) is 7. The van der Waals surface area contributed by atoms with Crippen LogP contribution >= 0.6 is 23.1 Å². The van der Waals surface area contributed by atoms with E-state index in [1.807, 2.05) is 25.1 Å². The first kappa shape index (κ1) is 13.1. The summed E-state index contributed by atoms with van der Waals surface area (Å²) in [5.41, 5.74) is 6.11. The van der Waals surface area contributed by atoms with Crippen molar-refractivity contribution in [1.82, 2.24) is 20.2 Å². The standard InChI is InChI=1S/C12H11N5OS2/c1-6(19-12-17-16-11(13)20-12)9-14-8-5-3-2-4-7(8)10(18)15-9/h2-6H,1H3,(H2,13,16)(H,14,15,18)/t6-/m0/s1. The number of anilines is 1. The number of aromatic amines is 1. The molecule has 3 aromatic rings. The Balaban J connectivity index is 1.95. The molecular formula is C12H11N5OS2. The number of nitrogen functional groups attached to an aromatic ring is 1. The summed E-state index contributed by atoms with van der Waals surface area (Å²) in [5, 5.41) is 8.70. The van der Waals surface area contributed by atoms with Gasteiger partial charge in [0, 0.05) is 0 Å². The SMILES string of the molecule is C[C@H](Sc1nnc(N)s1)c1nc2ccccc2c(=O)[nH]1. The van der Waals surface area contributed by atoms with E-state index in [0.717, 1.165) is 4.34 Å². The highest BCUT2D eigenvalue weighted by Gasteiger charge is 2.14. The molecule has 6 nitrogen and oxygen atoms in total. The topological polar surface area (TPSA) is 97.5 Å². The van der Waals surface area contributed by atoms with Gasteiger partial charge in [0.15, 0.2) is 4.34 Å². The Morgan fingerprint density at radius 2 is 2.15 bits per heavy atom. The maximum Gasteiger partial charge on any atom is 0.258 e. The van der Waals surface area contributed by atoms with Crippen molar-refractivity contribution in [3.63, 3.8) is 0 Å². The molecule has 0 radical (unpaired) electrons. The Hall–Kier alpha value is -1.93. The fourth-order valence-electron chi connectivity index (χ4n) is 1.77. The van der Waals surface area contributed by atoms with Gasteiger partial charge in [0.2, 0.25) is 5.13 Å². The molecule has 0 bridgehead atoms. The second kappa shape index (κ2) is 5.22. The second-order valence-electron chi connectivity index (χ2n) is 4.13. The first-order valence-electron chi connectivity index (χ1n) is 5.88. The lowest BCUT2D eigenvalue weighted by atomic mass is 10.2. The average molecular weight is 305 g/mol. The molecule has 102 valence electrons. The predicted molar refractivity (Wildman–Crippen MR) is 81.0 cm³/mol. The number of thioether (sulfide) groups is 1. The maximum atomic E-state index is 12.0. The maximum absolute atomic E-state index is 12.0. The fraction of sp³-hybridized carbons (Fsp3) is 0.167. The Morgan fingerprint density at radius 3 is 2.90 bits per heavy atom. The zero-order chi connectivity index (χ0) is 14.1. The minimum atomic E-state index is -0.130. The number of fused-ring (bicyclic) bond motifs is 1. The number of benzene rings is 1. The molecule has 0 unspecified atom stereocenters. The number of nitrogens with one attached hydrogen (secondary N) is 1. The van der Waals surface area contributed by atoms with Gasteiger partial charge in [0.1, 0.15) is 5.82 Å². The fourth-order valence-corrected chi connectivity index (χ4v) is 3.61. The lowest BCUT2D eigenvalue weighted by molar-refractivity contribution is 0.917. The molecule has 0 aliphatic rings. The van der Waals surface area contributed by atoms with Crippen LogP contribution in [0.25, 0.3) is 10.9 Å². The average Bonchev–Trinajstić information content (AvgIpc) is 2.84. The minimum Gasteiger partial charge on any atom is -0.374 e. The van der Waals surface area contributed by atoms with E-state index in [2.05, 4.69) is 20.2 Å². The Morgan fingerprint density at radius 1 is 1.35 bits per heavy atom. The molecule has 0 amide bonds. The first-order valence-corrected chi connectivity index (χ1v) is 7.57. The van der Waals surface area contributed by atoms with Crippen molar-refractivity contribution in [1.29, 1.82) is 0 Å². The van der Waals surface area contributed by atoms with Gasteiger partial charge in [-0.05, 0) is 19.1 Å². The molecule has 3 rings (SSSR count). The number of nitrogens with zero attached hydrogens (tertiary/aromatic N) is 3. The third kappa shape index (κ3) is 2.52. The van der Waals surface area contributed by atoms with Crippen LogP contribution in [0.3, 0.4) is 0 Å². The Kier molecular flexibility index (Phi) is 3.41. The molecule has 0 saturated heterocycles. The third-order valence-corrected chi connectivity index (χ3v) is 4.66. The molecule has 1 atom stereocenters. The molecule has 2 aromatic heterocycles. The highest BCUT2D eigenvalue weighted by Crippen LogP contribution is 2.35. The van der Waals surface area contributed by atoms with Gasteiger partial charge in [-0.1, -0.05) is 35.2 Å². The van der Waals surface area contributed by atoms with Crippen LogP contribution in [0.2, 0.25) is 0 Å². The van der Waals surface area contributed by atoms with Crippen LogP contribution in [0.15, 0.2) is 33.4 Å². The van der Waals surface area contributed by atoms with Gasteiger partial charge >= 0.3 is 0 Å². The lowest BCUT2D eigenvalue weighted by Gasteiger charge is -2.08. The van der Waals surface area contributed by atoms with Crippen LogP contribution in [0.4, 0.5) is 5.13 Å². The zero-order valence-corrected chi connectivity index (χ0v) is 12.2.